The van der Waals surface area contributed by atoms with E-state index in [4.69, 9.17) is 0 Å². The van der Waals surface area contributed by atoms with Crippen molar-refractivity contribution in [1.82, 2.24) is 7.99 Å². The van der Waals surface area contributed by atoms with Gasteiger partial charge in [-0.25, -0.2) is 7.29 Å². The topological polar surface area (TPSA) is 58.4 Å². The first kappa shape index (κ1) is 19.8. The van der Waals surface area contributed by atoms with Crippen LogP contribution >= 0.6 is 22.9 Å². The molecule has 0 spiro atoms. The predicted octanol–water partition coefficient (Wildman–Crippen LogP) is 4.18. The van der Waals surface area contributed by atoms with Crippen LogP contribution in [0.4, 0.5) is 23.2 Å². The van der Waals surface area contributed by atoms with Crippen molar-refractivity contribution in [2.24, 2.45) is 0 Å². The van der Waals surface area contributed by atoms with E-state index >= 15 is 0 Å². The summed E-state index contributed by atoms with van der Waals surface area (Å²) < 4.78 is 56.8. The maximum absolute atomic E-state index is 14.7. The lowest BCUT2D eigenvalue weighted by molar-refractivity contribution is -0.253. The van der Waals surface area contributed by atoms with Crippen molar-refractivity contribution in [3.05, 3.63) is 71.8 Å². The monoisotopic (exact) mass is 517 g/mol. The number of benzene rings is 2. The molecule has 0 radical (unpaired) electrons. The maximum atomic E-state index is 14.7. The average Bonchev–Trinajstić information content (AvgIpc) is 3.19. The summed E-state index contributed by atoms with van der Waals surface area (Å²) in [4.78, 5) is 13.3. The number of aliphatic hydroxyl groups is 1. The fourth-order valence-corrected chi connectivity index (χ4v) is 3.76. The number of fused-ring (bicyclic) bond motifs is 1. The van der Waals surface area contributed by atoms with Crippen LogP contribution in [0.1, 0.15) is 11.1 Å². The molecule has 1 aromatic heterocycles. The molecular formula is C19H12F4IN3O2. The Kier molecular flexibility index (Phi) is 4.65. The second-order valence-electron chi connectivity index (χ2n) is 6.54. The number of anilines is 1. The zero-order chi connectivity index (χ0) is 21.0. The molecule has 0 aliphatic carbocycles. The van der Waals surface area contributed by atoms with Crippen LogP contribution in [0.5, 0.6) is 0 Å². The van der Waals surface area contributed by atoms with Crippen LogP contribution in [-0.2, 0) is 16.9 Å². The first-order chi connectivity index (χ1) is 13.6. The van der Waals surface area contributed by atoms with Gasteiger partial charge in [0, 0.05) is 22.9 Å². The van der Waals surface area contributed by atoms with Crippen LogP contribution < -0.4 is 4.90 Å². The van der Waals surface area contributed by atoms with Gasteiger partial charge in [-0.1, -0.05) is 30.3 Å². The molecule has 1 N–H and O–H groups in total. The van der Waals surface area contributed by atoms with E-state index in [0.717, 1.165) is 11.0 Å². The van der Waals surface area contributed by atoms with E-state index in [1.807, 2.05) is 22.9 Å². The second-order valence-corrected chi connectivity index (χ2v) is 7.53. The number of hydrogen-bond acceptors (Lipinski definition) is 3. The highest BCUT2D eigenvalue weighted by atomic mass is 127. The lowest BCUT2D eigenvalue weighted by Gasteiger charge is -2.25. The van der Waals surface area contributed by atoms with E-state index in [1.54, 1.807) is 18.5 Å². The lowest BCUT2D eigenvalue weighted by Crippen LogP contribution is -2.50. The van der Waals surface area contributed by atoms with Gasteiger partial charge in [0.05, 0.1) is 41.3 Å². The summed E-state index contributed by atoms with van der Waals surface area (Å²) in [5.74, 6) is -2.24. The minimum absolute atomic E-state index is 0.0187. The first-order valence-corrected chi connectivity index (χ1v) is 9.29. The summed E-state index contributed by atoms with van der Waals surface area (Å²) in [7, 11) is 0. The van der Waals surface area contributed by atoms with Crippen LogP contribution in [0.15, 0.2) is 54.9 Å². The van der Waals surface area contributed by atoms with Crippen LogP contribution in [0, 0.1) is 5.82 Å². The molecule has 1 aliphatic rings. The molecule has 4 rings (SSSR count). The summed E-state index contributed by atoms with van der Waals surface area (Å²) in [5.41, 5.74) is -3.11. The minimum Gasteiger partial charge on any atom is -0.368 e. The normalized spacial score (nSPS) is 19.0. The minimum atomic E-state index is -5.21. The SMILES string of the molecule is O=C1N(Cc2ccc(-c3cnn(I)c3)cc2F)c2ccccc2C1(O)C(F)(F)F. The predicted molar refractivity (Wildman–Crippen MR) is 105 cm³/mol. The number of amides is 1. The molecule has 2 aromatic carbocycles. The zero-order valence-electron chi connectivity index (χ0n) is 14.5. The maximum Gasteiger partial charge on any atom is 0.430 e. The molecule has 0 saturated heterocycles. The third kappa shape index (κ3) is 3.10. The van der Waals surface area contributed by atoms with Crippen molar-refractivity contribution in [3.8, 4) is 11.1 Å². The number of carbonyl (C=O) groups excluding carboxylic acids is 1. The smallest absolute Gasteiger partial charge is 0.368 e. The van der Waals surface area contributed by atoms with Gasteiger partial charge in [0.15, 0.2) is 0 Å². The Bertz CT molecular complexity index is 1110. The van der Waals surface area contributed by atoms with Gasteiger partial charge in [-0.3, -0.25) is 4.79 Å². The molecule has 0 fully saturated rings. The molecule has 0 saturated carbocycles. The zero-order valence-corrected chi connectivity index (χ0v) is 16.6. The van der Waals surface area contributed by atoms with E-state index in [1.165, 1.54) is 33.2 Å². The molecule has 29 heavy (non-hydrogen) atoms. The van der Waals surface area contributed by atoms with Crippen LogP contribution in [0.25, 0.3) is 11.1 Å². The van der Waals surface area contributed by atoms with Crippen molar-refractivity contribution in [3.63, 3.8) is 0 Å². The Labute approximate surface area is 176 Å². The summed E-state index contributed by atoms with van der Waals surface area (Å²) >= 11 is 1.94. The first-order valence-electron chi connectivity index (χ1n) is 8.33. The van der Waals surface area contributed by atoms with E-state index in [9.17, 15) is 27.5 Å². The van der Waals surface area contributed by atoms with Gasteiger partial charge in [0.2, 0.25) is 0 Å². The highest BCUT2D eigenvalue weighted by Crippen LogP contribution is 2.49. The Morgan fingerprint density at radius 3 is 2.48 bits per heavy atom. The molecule has 3 aromatic rings. The molecular weight excluding hydrogens is 505 g/mol. The standard InChI is InChI=1S/C19H12F4IN3O2/c20-15-7-11(13-8-25-27(24)10-13)5-6-12(15)9-26-16-4-2-1-3-14(16)18(29,17(26)28)19(21,22)23/h1-8,10,29H,9H2. The van der Waals surface area contributed by atoms with Crippen LogP contribution in [-0.4, -0.2) is 25.2 Å². The van der Waals surface area contributed by atoms with Gasteiger partial charge in [0.25, 0.3) is 11.5 Å². The number of halogens is 5. The summed E-state index contributed by atoms with van der Waals surface area (Å²) in [6.07, 6.45) is -1.99. The van der Waals surface area contributed by atoms with E-state index in [2.05, 4.69) is 5.10 Å². The summed E-state index contributed by atoms with van der Waals surface area (Å²) in [6.45, 7) is -0.452. The Hall–Kier alpha value is -2.47. The Morgan fingerprint density at radius 1 is 1.14 bits per heavy atom. The molecule has 2 heterocycles. The highest BCUT2D eigenvalue weighted by molar-refractivity contribution is 14.1. The Morgan fingerprint density at radius 2 is 1.86 bits per heavy atom. The summed E-state index contributed by atoms with van der Waals surface area (Å²) in [5, 5.41) is 14.2. The molecule has 1 atom stereocenters. The van der Waals surface area contributed by atoms with Crippen molar-refractivity contribution >= 4 is 34.5 Å². The molecule has 1 amide bonds. The highest BCUT2D eigenvalue weighted by Gasteiger charge is 2.66. The molecule has 150 valence electrons. The lowest BCUT2D eigenvalue weighted by atomic mass is 9.95. The molecule has 1 aliphatic heterocycles. The van der Waals surface area contributed by atoms with Gasteiger partial charge in [-0.05, 0) is 17.7 Å². The number of nitrogens with zero attached hydrogens (tertiary/aromatic N) is 3. The van der Waals surface area contributed by atoms with Crippen molar-refractivity contribution in [1.29, 1.82) is 0 Å². The average molecular weight is 517 g/mol. The van der Waals surface area contributed by atoms with E-state index in [0.29, 0.717) is 11.1 Å². The van der Waals surface area contributed by atoms with Gasteiger partial charge < -0.3 is 10.0 Å². The number of alkyl halides is 3. The summed E-state index contributed by atoms with van der Waals surface area (Å²) in [6, 6.07) is 9.30. The van der Waals surface area contributed by atoms with Gasteiger partial charge in [0.1, 0.15) is 5.82 Å². The molecule has 10 heteroatoms. The van der Waals surface area contributed by atoms with Crippen molar-refractivity contribution in [2.45, 2.75) is 18.3 Å². The number of rotatable bonds is 3. The molecule has 1 unspecified atom stereocenters. The van der Waals surface area contributed by atoms with E-state index in [-0.39, 0.29) is 11.3 Å². The quantitative estimate of drug-likeness (QED) is 0.419. The fraction of sp³-hybridized carbons (Fsp3) is 0.158. The largest absolute Gasteiger partial charge is 0.430 e. The molecule has 0 bridgehead atoms. The third-order valence-electron chi connectivity index (χ3n) is 4.82. The number of hydrogen-bond donors (Lipinski definition) is 1. The van der Waals surface area contributed by atoms with Crippen molar-refractivity contribution in [2.75, 3.05) is 4.90 Å². The van der Waals surface area contributed by atoms with Crippen LogP contribution in [0.2, 0.25) is 0 Å². The second kappa shape index (κ2) is 6.80. The van der Waals surface area contributed by atoms with Gasteiger partial charge >= 0.3 is 6.18 Å². The third-order valence-corrected chi connectivity index (χ3v) is 5.34. The Balaban J connectivity index is 1.71. The van der Waals surface area contributed by atoms with Gasteiger partial charge in [-0.2, -0.15) is 18.3 Å². The van der Waals surface area contributed by atoms with E-state index < -0.39 is 35.6 Å². The molecule has 5 nitrogen and oxygen atoms in total. The fourth-order valence-electron chi connectivity index (χ4n) is 3.34. The van der Waals surface area contributed by atoms with Crippen LogP contribution in [0.3, 0.4) is 0 Å². The number of aromatic nitrogens is 2. The van der Waals surface area contributed by atoms with Crippen molar-refractivity contribution < 1.29 is 27.5 Å². The van der Waals surface area contributed by atoms with Gasteiger partial charge in [-0.15, -0.1) is 0 Å². The number of carbonyl (C=O) groups is 1. The number of para-hydroxylation sites is 1.